The first-order valence-electron chi connectivity index (χ1n) is 7.49. The van der Waals surface area contributed by atoms with Crippen LogP contribution in [0.25, 0.3) is 0 Å². The highest BCUT2D eigenvalue weighted by molar-refractivity contribution is 5.95. The molecule has 2 aromatic rings. The normalized spacial score (nSPS) is 13.4. The Hall–Kier alpha value is -3.24. The first-order valence-corrected chi connectivity index (χ1v) is 7.49. The summed E-state index contributed by atoms with van der Waals surface area (Å²) in [7, 11) is 0. The second kappa shape index (κ2) is 8.19. The van der Waals surface area contributed by atoms with Gasteiger partial charge in [-0.25, -0.2) is 9.82 Å². The van der Waals surface area contributed by atoms with E-state index in [0.29, 0.717) is 0 Å². The number of hydrogen-bond donors (Lipinski definition) is 2. The van der Waals surface area contributed by atoms with Gasteiger partial charge in [0.2, 0.25) is 0 Å². The summed E-state index contributed by atoms with van der Waals surface area (Å²) >= 11 is 0. The highest BCUT2D eigenvalue weighted by Crippen LogP contribution is 2.36. The first kappa shape index (κ1) is 21.1. The van der Waals surface area contributed by atoms with Crippen LogP contribution in [-0.4, -0.2) is 35.7 Å². The Balaban J connectivity index is 1.97. The second-order valence-corrected chi connectivity index (χ2v) is 5.39. The van der Waals surface area contributed by atoms with E-state index in [1.54, 1.807) is 0 Å². The maximum Gasteiger partial charge on any atom is 0.439 e. The molecule has 0 unspecified atom stereocenters. The fourth-order valence-corrected chi connectivity index (χ4v) is 1.90. The van der Waals surface area contributed by atoms with Crippen LogP contribution in [0.1, 0.15) is 15.9 Å². The standard InChI is InChI=1S/C17H12F6N2O3/c18-15(16(19,20)21)17(22,23)28-13-6-4-10(5-7-13)9-24-25-14(27)11-2-1-3-12(26)8-11/h1-9,15,26H,(H,25,27)/b24-9-/t15-/m0/s1. The van der Waals surface area contributed by atoms with Crippen LogP contribution in [-0.2, 0) is 0 Å². The molecule has 5 nitrogen and oxygen atoms in total. The fraction of sp³-hybridized carbons (Fsp3) is 0.176. The molecule has 0 saturated heterocycles. The molecule has 2 N–H and O–H groups in total. The van der Waals surface area contributed by atoms with Gasteiger partial charge in [-0.3, -0.25) is 4.79 Å². The third-order valence-electron chi connectivity index (χ3n) is 3.20. The zero-order valence-corrected chi connectivity index (χ0v) is 13.8. The zero-order chi connectivity index (χ0) is 20.9. The van der Waals surface area contributed by atoms with Gasteiger partial charge in [-0.2, -0.15) is 27.1 Å². The average Bonchev–Trinajstić information content (AvgIpc) is 2.61. The minimum absolute atomic E-state index is 0.120. The van der Waals surface area contributed by atoms with Crippen LogP contribution in [0.15, 0.2) is 53.6 Å². The summed E-state index contributed by atoms with van der Waals surface area (Å²) in [6.07, 6.45) is -14.2. The van der Waals surface area contributed by atoms with Crippen molar-refractivity contribution in [1.82, 2.24) is 5.43 Å². The summed E-state index contributed by atoms with van der Waals surface area (Å²) in [6.45, 7) is 0. The van der Waals surface area contributed by atoms with Gasteiger partial charge in [0.25, 0.3) is 12.1 Å². The predicted molar refractivity (Wildman–Crippen MR) is 86.1 cm³/mol. The molecule has 0 radical (unpaired) electrons. The summed E-state index contributed by atoms with van der Waals surface area (Å²) in [5.74, 6) is -1.45. The van der Waals surface area contributed by atoms with Crippen LogP contribution in [0.4, 0.5) is 26.3 Å². The van der Waals surface area contributed by atoms with Crippen LogP contribution in [0, 0.1) is 0 Å². The van der Waals surface area contributed by atoms with E-state index in [1.807, 2.05) is 0 Å². The molecule has 11 heteroatoms. The quantitative estimate of drug-likeness (QED) is 0.432. The van der Waals surface area contributed by atoms with Crippen LogP contribution < -0.4 is 10.2 Å². The Morgan fingerprint density at radius 1 is 1.11 bits per heavy atom. The summed E-state index contributed by atoms with van der Waals surface area (Å²) in [6, 6.07) is 9.51. The van der Waals surface area contributed by atoms with Crippen molar-refractivity contribution in [2.24, 2.45) is 5.10 Å². The van der Waals surface area contributed by atoms with Crippen molar-refractivity contribution in [2.45, 2.75) is 18.5 Å². The number of phenols is 1. The summed E-state index contributed by atoms with van der Waals surface area (Å²) < 4.78 is 79.1. The molecule has 0 heterocycles. The number of carbonyl (C=O) groups is 1. The Morgan fingerprint density at radius 3 is 2.32 bits per heavy atom. The summed E-state index contributed by atoms with van der Waals surface area (Å²) in [4.78, 5) is 11.8. The summed E-state index contributed by atoms with van der Waals surface area (Å²) in [5, 5.41) is 12.9. The smallest absolute Gasteiger partial charge is 0.439 e. The molecule has 0 aliphatic carbocycles. The van der Waals surface area contributed by atoms with Crippen molar-refractivity contribution in [3.05, 3.63) is 59.7 Å². The Bertz CT molecular complexity index is 853. The molecule has 0 fully saturated rings. The Labute approximate surface area is 154 Å². The van der Waals surface area contributed by atoms with Crippen LogP contribution in [0.5, 0.6) is 11.5 Å². The van der Waals surface area contributed by atoms with Gasteiger partial charge in [0.1, 0.15) is 11.5 Å². The number of nitrogens with one attached hydrogen (secondary N) is 1. The topological polar surface area (TPSA) is 70.9 Å². The average molecular weight is 406 g/mol. The number of hydrazone groups is 1. The number of hydrogen-bond acceptors (Lipinski definition) is 4. The van der Waals surface area contributed by atoms with E-state index in [2.05, 4.69) is 15.3 Å². The number of phenolic OH excluding ortho intramolecular Hbond substituents is 1. The SMILES string of the molecule is O=C(N/N=C\c1ccc(OC(F)(F)[C@@H](F)C(F)(F)F)cc1)c1cccc(O)c1. The number of carbonyl (C=O) groups excluding carboxylic acids is 1. The van der Waals surface area contributed by atoms with Gasteiger partial charge in [0.05, 0.1) is 6.21 Å². The van der Waals surface area contributed by atoms with Crippen LogP contribution >= 0.6 is 0 Å². The largest absolute Gasteiger partial charge is 0.508 e. The molecule has 0 saturated carbocycles. The van der Waals surface area contributed by atoms with E-state index in [-0.39, 0.29) is 16.9 Å². The third kappa shape index (κ3) is 5.63. The highest BCUT2D eigenvalue weighted by atomic mass is 19.4. The molecule has 0 bridgehead atoms. The highest BCUT2D eigenvalue weighted by Gasteiger charge is 2.59. The molecular formula is C17H12F6N2O3. The maximum atomic E-state index is 13.2. The number of benzene rings is 2. The van der Waals surface area contributed by atoms with Crippen LogP contribution in [0.2, 0.25) is 0 Å². The van der Waals surface area contributed by atoms with E-state index in [4.69, 9.17) is 0 Å². The monoisotopic (exact) mass is 406 g/mol. The van der Waals surface area contributed by atoms with E-state index in [9.17, 15) is 36.2 Å². The van der Waals surface area contributed by atoms with Gasteiger partial charge in [0.15, 0.2) is 0 Å². The predicted octanol–water partition coefficient (Wildman–Crippen LogP) is 4.03. The zero-order valence-electron chi connectivity index (χ0n) is 13.8. The molecule has 150 valence electrons. The van der Waals surface area contributed by atoms with Crippen molar-refractivity contribution in [1.29, 1.82) is 0 Å². The number of halogens is 6. The minimum Gasteiger partial charge on any atom is -0.508 e. The molecular weight excluding hydrogens is 394 g/mol. The van der Waals surface area contributed by atoms with E-state index in [0.717, 1.165) is 30.5 Å². The molecule has 0 aliphatic rings. The number of nitrogens with zero attached hydrogens (tertiary/aromatic N) is 1. The number of rotatable bonds is 6. The van der Waals surface area contributed by atoms with Crippen molar-refractivity contribution < 1.29 is 41.0 Å². The van der Waals surface area contributed by atoms with Gasteiger partial charge >= 0.3 is 12.3 Å². The Kier molecular flexibility index (Phi) is 6.16. The lowest BCUT2D eigenvalue weighted by Gasteiger charge is -2.23. The van der Waals surface area contributed by atoms with E-state index < -0.39 is 30.1 Å². The minimum atomic E-state index is -5.77. The number of ether oxygens (including phenoxy) is 1. The lowest BCUT2D eigenvalue weighted by Crippen LogP contribution is -2.45. The van der Waals surface area contributed by atoms with Gasteiger partial charge in [-0.05, 0) is 48.0 Å². The van der Waals surface area contributed by atoms with Crippen molar-refractivity contribution >= 4 is 12.1 Å². The lowest BCUT2D eigenvalue weighted by molar-refractivity contribution is -0.304. The van der Waals surface area contributed by atoms with Gasteiger partial charge in [-0.1, -0.05) is 6.07 Å². The van der Waals surface area contributed by atoms with Crippen LogP contribution in [0.3, 0.4) is 0 Å². The second-order valence-electron chi connectivity index (χ2n) is 5.39. The first-order chi connectivity index (χ1) is 13.0. The molecule has 0 spiro atoms. The van der Waals surface area contributed by atoms with Crippen molar-refractivity contribution in [2.75, 3.05) is 0 Å². The fourth-order valence-electron chi connectivity index (χ4n) is 1.90. The summed E-state index contributed by atoms with van der Waals surface area (Å²) in [5.41, 5.74) is 2.56. The van der Waals surface area contributed by atoms with E-state index >= 15 is 0 Å². The molecule has 2 rings (SSSR count). The molecule has 28 heavy (non-hydrogen) atoms. The maximum absolute atomic E-state index is 13.2. The lowest BCUT2D eigenvalue weighted by atomic mass is 10.2. The molecule has 2 aromatic carbocycles. The molecule has 0 aliphatic heterocycles. The van der Waals surface area contributed by atoms with Gasteiger partial charge < -0.3 is 9.84 Å². The number of aromatic hydroxyl groups is 1. The van der Waals surface area contributed by atoms with Crippen molar-refractivity contribution in [3.8, 4) is 11.5 Å². The number of alkyl halides is 6. The third-order valence-corrected chi connectivity index (χ3v) is 3.20. The molecule has 1 amide bonds. The van der Waals surface area contributed by atoms with Crippen molar-refractivity contribution in [3.63, 3.8) is 0 Å². The molecule has 0 aromatic heterocycles. The number of amides is 1. The van der Waals surface area contributed by atoms with Gasteiger partial charge in [-0.15, -0.1) is 0 Å². The van der Waals surface area contributed by atoms with E-state index in [1.165, 1.54) is 24.3 Å². The van der Waals surface area contributed by atoms with Gasteiger partial charge in [0, 0.05) is 5.56 Å². The Morgan fingerprint density at radius 2 is 1.75 bits per heavy atom. The molecule has 1 atom stereocenters.